The van der Waals surface area contributed by atoms with Gasteiger partial charge in [0.05, 0.1) is 11.3 Å². The van der Waals surface area contributed by atoms with E-state index in [1.807, 2.05) is 11.4 Å². The minimum atomic E-state index is -0.00866. The summed E-state index contributed by atoms with van der Waals surface area (Å²) in [7, 11) is 1.74. The van der Waals surface area contributed by atoms with Gasteiger partial charge in [-0.25, -0.2) is 9.67 Å². The van der Waals surface area contributed by atoms with Crippen molar-refractivity contribution in [2.45, 2.75) is 30.8 Å². The second-order valence-corrected chi connectivity index (χ2v) is 6.36. The molecular weight excluding hydrogens is 308 g/mol. The average molecular weight is 322 g/mol. The first-order valence-corrected chi connectivity index (χ1v) is 8.39. The maximum atomic E-state index is 12.2. The lowest BCUT2D eigenvalue weighted by molar-refractivity contribution is 0.564. The molecule has 0 aliphatic rings. The summed E-state index contributed by atoms with van der Waals surface area (Å²) in [6, 6.07) is 1.87. The molecule has 3 rings (SSSR count). The SMILES string of the molecule is CCCn1nnnc1CSc1nc2ccsc2c(=O)n1C. The molecular formula is C12H14N6OS2. The number of fused-ring (bicyclic) bond motifs is 1. The highest BCUT2D eigenvalue weighted by Gasteiger charge is 2.12. The van der Waals surface area contributed by atoms with Gasteiger partial charge < -0.3 is 0 Å². The molecule has 0 saturated heterocycles. The molecule has 3 aromatic rings. The van der Waals surface area contributed by atoms with Crippen LogP contribution in [0.15, 0.2) is 21.4 Å². The Morgan fingerprint density at radius 2 is 2.29 bits per heavy atom. The molecule has 0 aromatic carbocycles. The molecule has 0 radical (unpaired) electrons. The van der Waals surface area contributed by atoms with Crippen LogP contribution in [0.25, 0.3) is 10.2 Å². The van der Waals surface area contributed by atoms with Crippen molar-refractivity contribution in [3.63, 3.8) is 0 Å². The normalized spacial score (nSPS) is 11.3. The van der Waals surface area contributed by atoms with E-state index in [1.165, 1.54) is 23.1 Å². The molecule has 3 aromatic heterocycles. The lowest BCUT2D eigenvalue weighted by atomic mass is 10.5. The first-order chi connectivity index (χ1) is 10.2. The molecule has 0 spiro atoms. The number of nitrogens with zero attached hydrogens (tertiary/aromatic N) is 6. The standard InChI is InChI=1S/C12H14N6OS2/c1-3-5-18-9(14-15-16-18)7-21-12-13-8-4-6-20-10(8)11(19)17(12)2/h4,6H,3,5,7H2,1-2H3. The van der Waals surface area contributed by atoms with Crippen molar-refractivity contribution in [2.24, 2.45) is 7.05 Å². The fourth-order valence-electron chi connectivity index (χ4n) is 1.94. The Hall–Kier alpha value is -1.74. The monoisotopic (exact) mass is 322 g/mol. The van der Waals surface area contributed by atoms with E-state index in [2.05, 4.69) is 27.4 Å². The Kier molecular flexibility index (Phi) is 4.02. The summed E-state index contributed by atoms with van der Waals surface area (Å²) >= 11 is 2.89. The van der Waals surface area contributed by atoms with Gasteiger partial charge in [-0.1, -0.05) is 18.7 Å². The lowest BCUT2D eigenvalue weighted by Gasteiger charge is -2.07. The third-order valence-electron chi connectivity index (χ3n) is 3.02. The van der Waals surface area contributed by atoms with E-state index in [0.717, 1.165) is 24.3 Å². The van der Waals surface area contributed by atoms with Gasteiger partial charge in [-0.3, -0.25) is 9.36 Å². The van der Waals surface area contributed by atoms with Gasteiger partial charge in [0, 0.05) is 13.6 Å². The van der Waals surface area contributed by atoms with E-state index in [-0.39, 0.29) is 5.56 Å². The van der Waals surface area contributed by atoms with Gasteiger partial charge >= 0.3 is 0 Å². The van der Waals surface area contributed by atoms with Crippen molar-refractivity contribution in [3.05, 3.63) is 27.6 Å². The van der Waals surface area contributed by atoms with Crippen molar-refractivity contribution < 1.29 is 0 Å². The van der Waals surface area contributed by atoms with Gasteiger partial charge in [0.1, 0.15) is 4.70 Å². The zero-order valence-corrected chi connectivity index (χ0v) is 13.3. The summed E-state index contributed by atoms with van der Waals surface area (Å²) in [6.07, 6.45) is 0.973. The Morgan fingerprint density at radius 1 is 1.43 bits per heavy atom. The van der Waals surface area contributed by atoms with Gasteiger partial charge in [0.2, 0.25) is 0 Å². The van der Waals surface area contributed by atoms with Crippen LogP contribution in [0.1, 0.15) is 19.2 Å². The number of rotatable bonds is 5. The molecule has 110 valence electrons. The van der Waals surface area contributed by atoms with Crippen LogP contribution in [-0.2, 0) is 19.3 Å². The molecule has 9 heteroatoms. The summed E-state index contributed by atoms with van der Waals surface area (Å²) in [5.74, 6) is 1.38. The van der Waals surface area contributed by atoms with Crippen molar-refractivity contribution >= 4 is 33.3 Å². The van der Waals surface area contributed by atoms with Crippen LogP contribution in [0.2, 0.25) is 0 Å². The predicted octanol–water partition coefficient (Wildman–Crippen LogP) is 1.68. The lowest BCUT2D eigenvalue weighted by Crippen LogP contribution is -2.19. The van der Waals surface area contributed by atoms with Gasteiger partial charge in [-0.2, -0.15) is 0 Å². The number of tetrazole rings is 1. The second-order valence-electron chi connectivity index (χ2n) is 4.50. The Balaban J connectivity index is 1.86. The van der Waals surface area contributed by atoms with Crippen molar-refractivity contribution in [3.8, 4) is 0 Å². The van der Waals surface area contributed by atoms with Crippen LogP contribution in [0.3, 0.4) is 0 Å². The van der Waals surface area contributed by atoms with E-state index < -0.39 is 0 Å². The van der Waals surface area contributed by atoms with Gasteiger partial charge in [-0.15, -0.1) is 16.4 Å². The minimum absolute atomic E-state index is 0.00866. The van der Waals surface area contributed by atoms with Crippen molar-refractivity contribution in [2.75, 3.05) is 0 Å². The van der Waals surface area contributed by atoms with Gasteiger partial charge in [0.25, 0.3) is 5.56 Å². The third-order valence-corrected chi connectivity index (χ3v) is 4.94. The fraction of sp³-hybridized carbons (Fsp3) is 0.417. The van der Waals surface area contributed by atoms with Crippen molar-refractivity contribution in [1.82, 2.24) is 29.8 Å². The molecule has 0 fully saturated rings. The largest absolute Gasteiger partial charge is 0.290 e. The van der Waals surface area contributed by atoms with Crippen LogP contribution in [0.5, 0.6) is 0 Å². The number of hydrogen-bond donors (Lipinski definition) is 0. The highest BCUT2D eigenvalue weighted by atomic mass is 32.2. The van der Waals surface area contributed by atoms with Crippen LogP contribution in [0.4, 0.5) is 0 Å². The highest BCUT2D eigenvalue weighted by molar-refractivity contribution is 7.98. The maximum Gasteiger partial charge on any atom is 0.271 e. The summed E-state index contributed by atoms with van der Waals surface area (Å²) in [5, 5.41) is 14.2. The van der Waals surface area contributed by atoms with E-state index in [4.69, 9.17) is 0 Å². The summed E-state index contributed by atoms with van der Waals surface area (Å²) < 4.78 is 4.06. The smallest absolute Gasteiger partial charge is 0.271 e. The summed E-state index contributed by atoms with van der Waals surface area (Å²) in [4.78, 5) is 16.7. The zero-order chi connectivity index (χ0) is 14.8. The minimum Gasteiger partial charge on any atom is -0.290 e. The summed E-state index contributed by atoms with van der Waals surface area (Å²) in [5.41, 5.74) is 0.740. The van der Waals surface area contributed by atoms with Crippen LogP contribution >= 0.6 is 23.1 Å². The average Bonchev–Trinajstić information content (AvgIpc) is 3.11. The molecule has 0 aliphatic carbocycles. The molecule has 0 unspecified atom stereocenters. The molecule has 7 nitrogen and oxygen atoms in total. The van der Waals surface area contributed by atoms with E-state index in [1.54, 1.807) is 16.3 Å². The quantitative estimate of drug-likeness (QED) is 0.525. The Labute approximate surface area is 129 Å². The first kappa shape index (κ1) is 14.2. The molecule has 0 bridgehead atoms. The second kappa shape index (κ2) is 5.94. The first-order valence-electron chi connectivity index (χ1n) is 6.52. The summed E-state index contributed by atoms with van der Waals surface area (Å²) in [6.45, 7) is 2.87. The number of aromatic nitrogens is 6. The zero-order valence-electron chi connectivity index (χ0n) is 11.7. The van der Waals surface area contributed by atoms with Crippen LogP contribution < -0.4 is 5.56 Å². The van der Waals surface area contributed by atoms with Crippen LogP contribution in [0, 0.1) is 0 Å². The fourth-order valence-corrected chi connectivity index (χ4v) is 3.65. The third kappa shape index (κ3) is 2.70. The molecule has 0 aliphatic heterocycles. The number of aryl methyl sites for hydroxylation is 1. The Morgan fingerprint density at radius 3 is 3.10 bits per heavy atom. The highest BCUT2D eigenvalue weighted by Crippen LogP contribution is 2.22. The topological polar surface area (TPSA) is 78.5 Å². The molecule has 3 heterocycles. The maximum absolute atomic E-state index is 12.2. The number of hydrogen-bond acceptors (Lipinski definition) is 7. The molecule has 21 heavy (non-hydrogen) atoms. The van der Waals surface area contributed by atoms with E-state index in [9.17, 15) is 4.79 Å². The van der Waals surface area contributed by atoms with Crippen molar-refractivity contribution in [1.29, 1.82) is 0 Å². The number of thiophene rings is 1. The van der Waals surface area contributed by atoms with E-state index >= 15 is 0 Å². The van der Waals surface area contributed by atoms with Crippen LogP contribution in [-0.4, -0.2) is 29.8 Å². The Bertz CT molecular complexity index is 821. The molecule has 0 atom stereocenters. The molecule has 0 amide bonds. The predicted molar refractivity (Wildman–Crippen MR) is 82.5 cm³/mol. The van der Waals surface area contributed by atoms with Gasteiger partial charge in [-0.05, 0) is 28.3 Å². The van der Waals surface area contributed by atoms with E-state index in [0.29, 0.717) is 15.6 Å². The van der Waals surface area contributed by atoms with Gasteiger partial charge in [0.15, 0.2) is 11.0 Å². The molecule has 0 N–H and O–H groups in total. The molecule has 0 saturated carbocycles. The number of thioether (sulfide) groups is 1.